The molecular weight excluding hydrogens is 184 g/mol. The fourth-order valence-electron chi connectivity index (χ4n) is 0.838. The molecule has 0 saturated heterocycles. The van der Waals surface area contributed by atoms with Crippen LogP contribution in [0.15, 0.2) is 18.2 Å². The van der Waals surface area contributed by atoms with Gasteiger partial charge in [0.25, 0.3) is 0 Å². The van der Waals surface area contributed by atoms with E-state index in [-0.39, 0.29) is 18.4 Å². The third-order valence-corrected chi connectivity index (χ3v) is 1.41. The van der Waals surface area contributed by atoms with Crippen LogP contribution in [-0.2, 0) is 0 Å². The molecule has 1 rings (SSSR count). The summed E-state index contributed by atoms with van der Waals surface area (Å²) >= 11 is 0. The van der Waals surface area contributed by atoms with Crippen LogP contribution in [0.25, 0.3) is 0 Å². The van der Waals surface area contributed by atoms with Crippen LogP contribution in [0, 0.1) is 11.6 Å². The summed E-state index contributed by atoms with van der Waals surface area (Å²) in [4.78, 5) is 0. The van der Waals surface area contributed by atoms with E-state index < -0.39 is 11.6 Å². The van der Waals surface area contributed by atoms with Gasteiger partial charge in [-0.05, 0) is 24.6 Å². The molecule has 0 aromatic heterocycles. The Hall–Kier alpha value is -0.670. The summed E-state index contributed by atoms with van der Waals surface area (Å²) in [5.41, 5.74) is 5.89. The maximum atomic E-state index is 12.5. The number of hydrogen-bond acceptors (Lipinski definition) is 1. The van der Waals surface area contributed by atoms with Crippen molar-refractivity contribution in [1.82, 2.24) is 0 Å². The van der Waals surface area contributed by atoms with Gasteiger partial charge in [-0.3, -0.25) is 0 Å². The minimum absolute atomic E-state index is 0. The summed E-state index contributed by atoms with van der Waals surface area (Å²) < 4.78 is 25.0. The Labute approximate surface area is 76.0 Å². The molecular formula is C8H10ClF2N. The highest BCUT2D eigenvalue weighted by atomic mass is 35.5. The molecule has 1 nitrogen and oxygen atoms in total. The van der Waals surface area contributed by atoms with Crippen molar-refractivity contribution >= 4 is 12.4 Å². The molecule has 1 aromatic carbocycles. The Balaban J connectivity index is 0.00000121. The fraction of sp³-hybridized carbons (Fsp3) is 0.250. The Kier molecular flexibility index (Phi) is 4.13. The molecule has 0 saturated carbocycles. The minimum Gasteiger partial charge on any atom is -0.324 e. The molecule has 0 aliphatic heterocycles. The van der Waals surface area contributed by atoms with E-state index in [0.717, 1.165) is 6.07 Å². The topological polar surface area (TPSA) is 26.0 Å². The molecule has 1 atom stereocenters. The summed E-state index contributed by atoms with van der Waals surface area (Å²) in [5, 5.41) is 0. The van der Waals surface area contributed by atoms with Crippen molar-refractivity contribution in [3.63, 3.8) is 0 Å². The van der Waals surface area contributed by atoms with Crippen molar-refractivity contribution < 1.29 is 8.78 Å². The molecule has 0 heterocycles. The summed E-state index contributed by atoms with van der Waals surface area (Å²) in [6, 6.07) is 2.95. The minimum atomic E-state index is -0.586. The molecule has 0 amide bonds. The smallest absolute Gasteiger partial charge is 0.126 e. The van der Waals surface area contributed by atoms with Gasteiger partial charge in [0.1, 0.15) is 11.6 Å². The van der Waals surface area contributed by atoms with Gasteiger partial charge in [-0.25, -0.2) is 8.78 Å². The normalized spacial score (nSPS) is 12.0. The van der Waals surface area contributed by atoms with Crippen molar-refractivity contribution in [1.29, 1.82) is 0 Å². The van der Waals surface area contributed by atoms with Gasteiger partial charge in [-0.2, -0.15) is 0 Å². The van der Waals surface area contributed by atoms with Crippen molar-refractivity contribution in [2.75, 3.05) is 0 Å². The first-order chi connectivity index (χ1) is 5.09. The number of hydrogen-bond donors (Lipinski definition) is 1. The highest BCUT2D eigenvalue weighted by Crippen LogP contribution is 2.13. The van der Waals surface area contributed by atoms with E-state index in [1.165, 1.54) is 12.1 Å². The van der Waals surface area contributed by atoms with Crippen molar-refractivity contribution in [3.05, 3.63) is 35.4 Å². The Morgan fingerprint density at radius 2 is 1.58 bits per heavy atom. The van der Waals surface area contributed by atoms with Crippen LogP contribution in [0.2, 0.25) is 0 Å². The van der Waals surface area contributed by atoms with Crippen LogP contribution in [0.5, 0.6) is 0 Å². The van der Waals surface area contributed by atoms with Gasteiger partial charge < -0.3 is 5.73 Å². The molecule has 0 radical (unpaired) electrons. The standard InChI is InChI=1S/C8H9F2N.ClH/c1-5(11)6-2-7(9)4-8(10)3-6;/h2-5H,11H2,1H3;1H/t5-;/m0./s1. The average Bonchev–Trinajstić information content (AvgIpc) is 1.85. The number of benzene rings is 1. The van der Waals surface area contributed by atoms with E-state index in [1.54, 1.807) is 6.92 Å². The monoisotopic (exact) mass is 193 g/mol. The molecule has 1 aromatic rings. The van der Waals surface area contributed by atoms with E-state index in [1.807, 2.05) is 0 Å². The largest absolute Gasteiger partial charge is 0.324 e. The highest BCUT2D eigenvalue weighted by Gasteiger charge is 2.03. The maximum absolute atomic E-state index is 12.5. The first-order valence-electron chi connectivity index (χ1n) is 3.31. The van der Waals surface area contributed by atoms with Crippen molar-refractivity contribution in [2.24, 2.45) is 5.73 Å². The Bertz CT molecular complexity index is 243. The molecule has 0 aliphatic carbocycles. The molecule has 68 valence electrons. The van der Waals surface area contributed by atoms with Crippen LogP contribution >= 0.6 is 12.4 Å². The summed E-state index contributed by atoms with van der Waals surface area (Å²) in [7, 11) is 0. The molecule has 0 aliphatic rings. The average molecular weight is 194 g/mol. The van der Waals surface area contributed by atoms with E-state index in [4.69, 9.17) is 5.73 Å². The lowest BCUT2D eigenvalue weighted by molar-refractivity contribution is 0.576. The Morgan fingerprint density at radius 1 is 1.17 bits per heavy atom. The Morgan fingerprint density at radius 3 is 1.92 bits per heavy atom. The van der Waals surface area contributed by atoms with E-state index in [9.17, 15) is 8.78 Å². The van der Waals surface area contributed by atoms with Crippen LogP contribution in [0.4, 0.5) is 8.78 Å². The number of rotatable bonds is 1. The summed E-state index contributed by atoms with van der Waals surface area (Å²) in [6.45, 7) is 1.67. The molecule has 0 spiro atoms. The number of halogens is 3. The molecule has 0 unspecified atom stereocenters. The van der Waals surface area contributed by atoms with Gasteiger partial charge in [-0.15, -0.1) is 12.4 Å². The first-order valence-corrected chi connectivity index (χ1v) is 3.31. The SMILES string of the molecule is C[C@H](N)c1cc(F)cc(F)c1.Cl. The van der Waals surface area contributed by atoms with Crippen molar-refractivity contribution in [3.8, 4) is 0 Å². The lowest BCUT2D eigenvalue weighted by Crippen LogP contribution is -2.05. The summed E-state index contributed by atoms with van der Waals surface area (Å²) in [6.07, 6.45) is 0. The second-order valence-corrected chi connectivity index (χ2v) is 2.49. The van der Waals surface area contributed by atoms with E-state index in [0.29, 0.717) is 5.56 Å². The van der Waals surface area contributed by atoms with Gasteiger partial charge in [0.05, 0.1) is 0 Å². The van der Waals surface area contributed by atoms with E-state index in [2.05, 4.69) is 0 Å². The summed E-state index contributed by atoms with van der Waals surface area (Å²) in [5.74, 6) is -1.17. The van der Waals surface area contributed by atoms with Gasteiger partial charge in [0.15, 0.2) is 0 Å². The van der Waals surface area contributed by atoms with Crippen LogP contribution in [0.3, 0.4) is 0 Å². The second kappa shape index (κ2) is 4.38. The molecule has 4 heteroatoms. The highest BCUT2D eigenvalue weighted by molar-refractivity contribution is 5.85. The van der Waals surface area contributed by atoms with Gasteiger partial charge >= 0.3 is 0 Å². The van der Waals surface area contributed by atoms with Crippen LogP contribution < -0.4 is 5.73 Å². The zero-order chi connectivity index (χ0) is 8.43. The zero-order valence-electron chi connectivity index (χ0n) is 6.55. The van der Waals surface area contributed by atoms with Gasteiger partial charge in [0, 0.05) is 12.1 Å². The predicted molar refractivity (Wildman–Crippen MR) is 46.2 cm³/mol. The third kappa shape index (κ3) is 2.75. The fourth-order valence-corrected chi connectivity index (χ4v) is 0.838. The lowest BCUT2D eigenvalue weighted by atomic mass is 10.1. The molecule has 2 N–H and O–H groups in total. The third-order valence-electron chi connectivity index (χ3n) is 1.41. The molecule has 0 bridgehead atoms. The van der Waals surface area contributed by atoms with Crippen molar-refractivity contribution in [2.45, 2.75) is 13.0 Å². The molecule has 12 heavy (non-hydrogen) atoms. The molecule has 0 fully saturated rings. The maximum Gasteiger partial charge on any atom is 0.126 e. The second-order valence-electron chi connectivity index (χ2n) is 2.49. The lowest BCUT2D eigenvalue weighted by Gasteiger charge is -2.04. The van der Waals surface area contributed by atoms with Crippen LogP contribution in [0.1, 0.15) is 18.5 Å². The van der Waals surface area contributed by atoms with E-state index >= 15 is 0 Å². The first kappa shape index (κ1) is 11.3. The predicted octanol–water partition coefficient (Wildman–Crippen LogP) is 2.41. The van der Waals surface area contributed by atoms with Gasteiger partial charge in [0.2, 0.25) is 0 Å². The van der Waals surface area contributed by atoms with Crippen LogP contribution in [-0.4, -0.2) is 0 Å². The quantitative estimate of drug-likeness (QED) is 0.728. The van der Waals surface area contributed by atoms with Gasteiger partial charge in [-0.1, -0.05) is 0 Å². The zero-order valence-corrected chi connectivity index (χ0v) is 7.37. The number of nitrogens with two attached hydrogens (primary N) is 1.